The number of carbonyl (C=O) groups excluding carboxylic acids is 4. The van der Waals surface area contributed by atoms with E-state index in [9.17, 15) is 19.2 Å². The molecule has 2 fully saturated rings. The number of amides is 4. The van der Waals surface area contributed by atoms with E-state index in [2.05, 4.69) is 21.2 Å². The Labute approximate surface area is 240 Å². The summed E-state index contributed by atoms with van der Waals surface area (Å²) < 4.78 is 12.0. The van der Waals surface area contributed by atoms with E-state index in [0.717, 1.165) is 41.5 Å². The zero-order valence-corrected chi connectivity index (χ0v) is 24.2. The smallest absolute Gasteiger partial charge is 0.294 e. The molecule has 0 bridgehead atoms. The molecule has 0 spiro atoms. The second kappa shape index (κ2) is 13.2. The van der Waals surface area contributed by atoms with Crippen molar-refractivity contribution in [1.29, 1.82) is 0 Å². The number of rotatable bonds is 9. The topological polar surface area (TPSA) is 105 Å². The van der Waals surface area contributed by atoms with E-state index in [-0.39, 0.29) is 29.9 Å². The number of carbonyl (C=O) groups is 4. The maximum absolute atomic E-state index is 13.0. The quantitative estimate of drug-likeness (QED) is 0.385. The number of anilines is 1. The van der Waals surface area contributed by atoms with Gasteiger partial charge in [0.05, 0.1) is 11.5 Å². The van der Waals surface area contributed by atoms with Crippen LogP contribution in [0.1, 0.15) is 37.3 Å². The summed E-state index contributed by atoms with van der Waals surface area (Å²) >= 11 is 4.28. The van der Waals surface area contributed by atoms with Crippen LogP contribution in [0.3, 0.4) is 0 Å². The van der Waals surface area contributed by atoms with Gasteiger partial charge < -0.3 is 19.7 Å². The van der Waals surface area contributed by atoms with Gasteiger partial charge in [-0.25, -0.2) is 0 Å². The van der Waals surface area contributed by atoms with Crippen LogP contribution >= 0.6 is 27.7 Å². The normalized spacial score (nSPS) is 16.5. The summed E-state index contributed by atoms with van der Waals surface area (Å²) in [6.45, 7) is 4.95. The molecule has 9 nitrogen and oxygen atoms in total. The first-order chi connectivity index (χ1) is 18.7. The van der Waals surface area contributed by atoms with Crippen molar-refractivity contribution in [3.05, 3.63) is 56.9 Å². The highest BCUT2D eigenvalue weighted by Gasteiger charge is 2.37. The molecule has 4 amide bonds. The Morgan fingerprint density at radius 1 is 1.05 bits per heavy atom. The lowest BCUT2D eigenvalue weighted by atomic mass is 10.1. The Kier molecular flexibility index (Phi) is 9.68. The Morgan fingerprint density at radius 3 is 2.44 bits per heavy atom. The van der Waals surface area contributed by atoms with E-state index in [1.807, 2.05) is 38.1 Å². The third-order valence-corrected chi connectivity index (χ3v) is 7.81. The van der Waals surface area contributed by atoms with E-state index >= 15 is 0 Å². The van der Waals surface area contributed by atoms with Crippen molar-refractivity contribution in [2.45, 2.75) is 33.1 Å². The highest BCUT2D eigenvalue weighted by molar-refractivity contribution is 9.10. The predicted molar refractivity (Wildman–Crippen MR) is 154 cm³/mol. The summed E-state index contributed by atoms with van der Waals surface area (Å²) in [6.07, 6.45) is 4.52. The molecule has 11 heteroatoms. The SMILES string of the molecule is CCOc1cc(/C=C2\SC(=O)N(CC(=O)N3CCCCC3)C2=O)c(Br)cc1OCC(=O)Nc1ccc(C)cc1. The number of aryl methyl sites for hydroxylation is 1. The van der Waals surface area contributed by atoms with Crippen LogP contribution < -0.4 is 14.8 Å². The molecule has 2 aliphatic rings. The van der Waals surface area contributed by atoms with Gasteiger partial charge in [-0.1, -0.05) is 33.6 Å². The number of thioether (sulfide) groups is 1. The van der Waals surface area contributed by atoms with Crippen molar-refractivity contribution < 1.29 is 28.7 Å². The van der Waals surface area contributed by atoms with Gasteiger partial charge in [-0.3, -0.25) is 24.1 Å². The Hall–Kier alpha value is -3.31. The molecule has 0 radical (unpaired) electrons. The van der Waals surface area contributed by atoms with Crippen LogP contribution in [0.25, 0.3) is 6.08 Å². The van der Waals surface area contributed by atoms with Gasteiger partial charge in [0, 0.05) is 23.2 Å². The van der Waals surface area contributed by atoms with Gasteiger partial charge in [0.25, 0.3) is 17.1 Å². The fourth-order valence-corrected chi connectivity index (χ4v) is 5.44. The van der Waals surface area contributed by atoms with Crippen LogP contribution in [0.15, 0.2) is 45.8 Å². The van der Waals surface area contributed by atoms with Crippen LogP contribution in [0.2, 0.25) is 0 Å². The molecule has 0 atom stereocenters. The Balaban J connectivity index is 1.45. The predicted octanol–water partition coefficient (Wildman–Crippen LogP) is 5.22. The molecule has 0 unspecified atom stereocenters. The number of nitrogens with one attached hydrogen (secondary N) is 1. The van der Waals surface area contributed by atoms with Gasteiger partial charge in [0.2, 0.25) is 5.91 Å². The molecule has 39 heavy (non-hydrogen) atoms. The molecule has 4 rings (SSSR count). The summed E-state index contributed by atoms with van der Waals surface area (Å²) in [5.74, 6) is -0.316. The first-order valence-corrected chi connectivity index (χ1v) is 14.3. The van der Waals surface area contributed by atoms with E-state index in [1.54, 1.807) is 23.1 Å². The van der Waals surface area contributed by atoms with E-state index in [1.165, 1.54) is 0 Å². The average molecular weight is 617 g/mol. The minimum Gasteiger partial charge on any atom is -0.490 e. The van der Waals surface area contributed by atoms with E-state index < -0.39 is 11.1 Å². The Bertz CT molecular complexity index is 1290. The third-order valence-electron chi connectivity index (χ3n) is 6.22. The fraction of sp³-hybridized carbons (Fsp3) is 0.357. The minimum absolute atomic E-state index is 0.209. The molecule has 0 aromatic heterocycles. The first-order valence-electron chi connectivity index (χ1n) is 12.7. The largest absolute Gasteiger partial charge is 0.490 e. The second-order valence-electron chi connectivity index (χ2n) is 9.17. The monoisotopic (exact) mass is 615 g/mol. The highest BCUT2D eigenvalue weighted by atomic mass is 79.9. The number of hydrogen-bond acceptors (Lipinski definition) is 7. The van der Waals surface area contributed by atoms with Gasteiger partial charge in [-0.05, 0) is 80.8 Å². The lowest BCUT2D eigenvalue weighted by Gasteiger charge is -2.27. The molecule has 1 N–H and O–H groups in total. The zero-order chi connectivity index (χ0) is 27.9. The summed E-state index contributed by atoms with van der Waals surface area (Å²) in [6, 6.07) is 10.8. The first kappa shape index (κ1) is 28.7. The molecule has 206 valence electrons. The third kappa shape index (κ3) is 7.42. The Morgan fingerprint density at radius 2 is 1.74 bits per heavy atom. The number of piperidine rings is 1. The number of halogens is 1. The summed E-state index contributed by atoms with van der Waals surface area (Å²) in [4.78, 5) is 53.5. The van der Waals surface area contributed by atoms with Gasteiger partial charge in [-0.2, -0.15) is 0 Å². The van der Waals surface area contributed by atoms with Gasteiger partial charge in [0.1, 0.15) is 6.54 Å². The molecule has 0 saturated carbocycles. The number of ether oxygens (including phenoxy) is 2. The number of hydrogen-bond donors (Lipinski definition) is 1. The van der Waals surface area contributed by atoms with Gasteiger partial charge in [0.15, 0.2) is 18.1 Å². The minimum atomic E-state index is -0.506. The van der Waals surface area contributed by atoms with Gasteiger partial charge >= 0.3 is 0 Å². The fourth-order valence-electron chi connectivity index (χ4n) is 4.18. The molecule has 2 heterocycles. The number of likely N-dealkylation sites (tertiary alicyclic amines) is 1. The van der Waals surface area contributed by atoms with E-state index in [4.69, 9.17) is 9.47 Å². The number of nitrogens with zero attached hydrogens (tertiary/aromatic N) is 2. The van der Waals surface area contributed by atoms with Crippen LogP contribution in [-0.4, -0.2) is 65.6 Å². The standard InChI is InChI=1S/C28H30BrN3O6S/c1-3-37-22-13-19(21(29)15-23(22)38-17-25(33)30-20-9-7-18(2)8-10-20)14-24-27(35)32(28(36)39-24)16-26(34)31-11-5-4-6-12-31/h7-10,13-15H,3-6,11-12,16-17H2,1-2H3,(H,30,33)/b24-14-. The van der Waals surface area contributed by atoms with Crippen molar-refractivity contribution in [2.75, 3.05) is 38.2 Å². The van der Waals surface area contributed by atoms with Crippen molar-refractivity contribution in [2.24, 2.45) is 0 Å². The second-order valence-corrected chi connectivity index (χ2v) is 11.0. The maximum Gasteiger partial charge on any atom is 0.294 e. The molecule has 2 aromatic rings. The molecule has 0 aliphatic carbocycles. The molecule has 2 aromatic carbocycles. The van der Waals surface area contributed by atoms with Crippen molar-refractivity contribution in [3.63, 3.8) is 0 Å². The summed E-state index contributed by atoms with van der Waals surface area (Å²) in [5.41, 5.74) is 2.34. The number of benzene rings is 2. The molecular weight excluding hydrogens is 586 g/mol. The summed E-state index contributed by atoms with van der Waals surface area (Å²) in [5, 5.41) is 2.31. The lowest BCUT2D eigenvalue weighted by molar-refractivity contribution is -0.136. The van der Waals surface area contributed by atoms with Crippen LogP contribution in [0.4, 0.5) is 10.5 Å². The van der Waals surface area contributed by atoms with Crippen molar-refractivity contribution in [3.8, 4) is 11.5 Å². The lowest BCUT2D eigenvalue weighted by Crippen LogP contribution is -2.44. The maximum atomic E-state index is 13.0. The average Bonchev–Trinajstić information content (AvgIpc) is 3.18. The summed E-state index contributed by atoms with van der Waals surface area (Å²) in [7, 11) is 0. The molecule has 2 aliphatic heterocycles. The number of imide groups is 1. The highest BCUT2D eigenvalue weighted by Crippen LogP contribution is 2.38. The van der Waals surface area contributed by atoms with Crippen molar-refractivity contribution >= 4 is 62.4 Å². The van der Waals surface area contributed by atoms with Crippen LogP contribution in [0, 0.1) is 6.92 Å². The molecular formula is C28H30BrN3O6S. The van der Waals surface area contributed by atoms with Crippen LogP contribution in [0.5, 0.6) is 11.5 Å². The van der Waals surface area contributed by atoms with Crippen LogP contribution in [-0.2, 0) is 14.4 Å². The zero-order valence-electron chi connectivity index (χ0n) is 21.8. The van der Waals surface area contributed by atoms with Crippen molar-refractivity contribution in [1.82, 2.24) is 9.80 Å². The van der Waals surface area contributed by atoms with Gasteiger partial charge in [-0.15, -0.1) is 0 Å². The molecule has 2 saturated heterocycles. The van der Waals surface area contributed by atoms with E-state index in [0.29, 0.717) is 46.9 Å².